The molecule has 2 aromatic rings. The van der Waals surface area contributed by atoms with Crippen molar-refractivity contribution in [3.63, 3.8) is 0 Å². The average molecular weight is 426 g/mol. The van der Waals surface area contributed by atoms with Crippen molar-refractivity contribution in [2.45, 2.75) is 37.8 Å². The topological polar surface area (TPSA) is 70.7 Å². The van der Waals surface area contributed by atoms with Crippen molar-refractivity contribution in [2.24, 2.45) is 5.92 Å². The van der Waals surface area contributed by atoms with E-state index in [-0.39, 0.29) is 17.9 Å². The molecule has 3 atom stereocenters. The summed E-state index contributed by atoms with van der Waals surface area (Å²) in [6.07, 6.45) is 2.68. The van der Waals surface area contributed by atoms with Crippen LogP contribution >= 0.6 is 11.6 Å². The lowest BCUT2D eigenvalue weighted by molar-refractivity contribution is -0.135. The molecule has 2 N–H and O–H groups in total. The van der Waals surface area contributed by atoms with E-state index in [2.05, 4.69) is 15.5 Å². The van der Waals surface area contributed by atoms with E-state index < -0.39 is 11.5 Å². The number of methoxy groups -OCH3 is 1. The highest BCUT2D eigenvalue weighted by Gasteiger charge is 2.65. The van der Waals surface area contributed by atoms with Crippen LogP contribution in [0, 0.1) is 12.8 Å². The molecule has 3 aliphatic rings. The van der Waals surface area contributed by atoms with Gasteiger partial charge < -0.3 is 15.4 Å². The highest BCUT2D eigenvalue weighted by atomic mass is 35.5. The van der Waals surface area contributed by atoms with Crippen LogP contribution in [0.1, 0.15) is 30.4 Å². The van der Waals surface area contributed by atoms with Gasteiger partial charge >= 0.3 is 0 Å². The minimum atomic E-state index is -1.01. The summed E-state index contributed by atoms with van der Waals surface area (Å²) < 4.78 is 5.19. The first-order valence-corrected chi connectivity index (χ1v) is 10.7. The molecule has 2 amide bonds. The second-order valence-corrected chi connectivity index (χ2v) is 8.80. The lowest BCUT2D eigenvalue weighted by Gasteiger charge is -2.36. The van der Waals surface area contributed by atoms with Crippen molar-refractivity contribution < 1.29 is 14.3 Å². The lowest BCUT2D eigenvalue weighted by Crippen LogP contribution is -2.53. The van der Waals surface area contributed by atoms with E-state index in [0.29, 0.717) is 17.1 Å². The van der Waals surface area contributed by atoms with Crippen molar-refractivity contribution >= 4 is 34.8 Å². The molecule has 0 unspecified atom stereocenters. The molecule has 0 saturated carbocycles. The smallest absolute Gasteiger partial charge is 0.250 e. The molecule has 2 saturated heterocycles. The van der Waals surface area contributed by atoms with Crippen LogP contribution in [0.3, 0.4) is 0 Å². The maximum atomic E-state index is 13.5. The van der Waals surface area contributed by atoms with E-state index in [9.17, 15) is 9.59 Å². The molecule has 2 fully saturated rings. The molecule has 0 aromatic heterocycles. The zero-order valence-electron chi connectivity index (χ0n) is 17.0. The summed E-state index contributed by atoms with van der Waals surface area (Å²) in [7, 11) is 1.60. The molecule has 5 rings (SSSR count). The Balaban J connectivity index is 1.57. The molecule has 0 aliphatic carbocycles. The molecule has 1 spiro atoms. The van der Waals surface area contributed by atoms with E-state index in [4.69, 9.17) is 16.3 Å². The number of ether oxygens (including phenoxy) is 1. The summed E-state index contributed by atoms with van der Waals surface area (Å²) in [6.45, 7) is 2.74. The molecule has 3 heterocycles. The van der Waals surface area contributed by atoms with Crippen LogP contribution in [0.15, 0.2) is 36.4 Å². The highest BCUT2D eigenvalue weighted by molar-refractivity contribution is 6.31. The first-order valence-electron chi connectivity index (χ1n) is 10.3. The second-order valence-electron chi connectivity index (χ2n) is 8.36. The molecular weight excluding hydrogens is 402 g/mol. The number of hydrogen-bond acceptors (Lipinski definition) is 4. The van der Waals surface area contributed by atoms with E-state index >= 15 is 0 Å². The summed E-state index contributed by atoms with van der Waals surface area (Å²) >= 11 is 6.40. The minimum Gasteiger partial charge on any atom is -0.497 e. The summed E-state index contributed by atoms with van der Waals surface area (Å²) in [5.74, 6) is -0.0402. The van der Waals surface area contributed by atoms with Gasteiger partial charge in [-0.05, 0) is 74.7 Å². The summed E-state index contributed by atoms with van der Waals surface area (Å²) in [5.41, 5.74) is 2.21. The van der Waals surface area contributed by atoms with Gasteiger partial charge in [-0.15, -0.1) is 0 Å². The molecule has 0 bridgehead atoms. The molecule has 156 valence electrons. The molecule has 3 aliphatic heterocycles. The second kappa shape index (κ2) is 7.00. The summed E-state index contributed by atoms with van der Waals surface area (Å²) in [5, 5.41) is 6.67. The zero-order valence-corrected chi connectivity index (χ0v) is 17.8. The van der Waals surface area contributed by atoms with Crippen LogP contribution in [-0.2, 0) is 15.1 Å². The standard InChI is InChI=1S/C23H24ClN3O3/c1-13-10-14(24)11-18-20(13)26-22(29)23(18)19(12-16-4-3-9-27(16)23)21(28)25-15-5-7-17(30-2)8-6-15/h5-8,10-11,16,19H,3-4,9,12H2,1-2H3,(H,25,28)(H,26,29)/t16-,19+,23-/m0/s1. The minimum absolute atomic E-state index is 0.123. The normalized spacial score (nSPS) is 27.1. The van der Waals surface area contributed by atoms with Gasteiger partial charge in [0, 0.05) is 28.0 Å². The number of nitrogens with zero attached hydrogens (tertiary/aromatic N) is 1. The maximum absolute atomic E-state index is 13.5. The van der Waals surface area contributed by atoms with Gasteiger partial charge in [0.15, 0.2) is 0 Å². The fraction of sp³-hybridized carbons (Fsp3) is 0.391. The number of carbonyl (C=O) groups excluding carboxylic acids is 2. The predicted octanol–water partition coefficient (Wildman–Crippen LogP) is 3.93. The number of nitrogens with one attached hydrogen (secondary N) is 2. The number of aryl methyl sites for hydroxylation is 1. The van der Waals surface area contributed by atoms with E-state index in [1.807, 2.05) is 31.2 Å². The van der Waals surface area contributed by atoms with Crippen LogP contribution in [0.25, 0.3) is 0 Å². The molecule has 7 heteroatoms. The van der Waals surface area contributed by atoms with Crippen LogP contribution in [0.5, 0.6) is 5.75 Å². The van der Waals surface area contributed by atoms with Gasteiger partial charge in [-0.1, -0.05) is 11.6 Å². The number of anilines is 2. The summed E-state index contributed by atoms with van der Waals surface area (Å²) in [4.78, 5) is 29.3. The van der Waals surface area contributed by atoms with Gasteiger partial charge in [-0.2, -0.15) is 0 Å². The third kappa shape index (κ3) is 2.67. The number of benzene rings is 2. The maximum Gasteiger partial charge on any atom is 0.250 e. The zero-order chi connectivity index (χ0) is 21.0. The number of hydrogen-bond donors (Lipinski definition) is 2. The van der Waals surface area contributed by atoms with Crippen molar-refractivity contribution in [2.75, 3.05) is 24.3 Å². The molecule has 30 heavy (non-hydrogen) atoms. The van der Waals surface area contributed by atoms with Gasteiger partial charge in [0.2, 0.25) is 11.8 Å². The Morgan fingerprint density at radius 1 is 1.30 bits per heavy atom. The Morgan fingerprint density at radius 2 is 2.07 bits per heavy atom. The molecular formula is C23H24ClN3O3. The fourth-order valence-corrected chi connectivity index (χ4v) is 5.83. The van der Waals surface area contributed by atoms with Gasteiger partial charge in [-0.3, -0.25) is 14.5 Å². The number of rotatable bonds is 3. The lowest BCUT2D eigenvalue weighted by atomic mass is 9.78. The van der Waals surface area contributed by atoms with Gasteiger partial charge in [-0.25, -0.2) is 0 Å². The molecule has 0 radical (unpaired) electrons. The largest absolute Gasteiger partial charge is 0.497 e. The van der Waals surface area contributed by atoms with Crippen LogP contribution in [0.4, 0.5) is 11.4 Å². The van der Waals surface area contributed by atoms with Gasteiger partial charge in [0.05, 0.1) is 13.0 Å². The first kappa shape index (κ1) is 19.4. The highest BCUT2D eigenvalue weighted by Crippen LogP contribution is 2.56. The Kier molecular flexibility index (Phi) is 4.52. The predicted molar refractivity (Wildman–Crippen MR) is 116 cm³/mol. The third-order valence-electron chi connectivity index (χ3n) is 6.81. The van der Waals surface area contributed by atoms with Crippen molar-refractivity contribution in [1.82, 2.24) is 4.90 Å². The van der Waals surface area contributed by atoms with Gasteiger partial charge in [0.25, 0.3) is 0 Å². The number of halogens is 1. The Hall–Kier alpha value is -2.57. The SMILES string of the molecule is COc1ccc(NC(=O)[C@H]2C[C@@H]3CCCN3[C@]23C(=O)Nc2c(C)cc(Cl)cc23)cc1. The molecule has 6 nitrogen and oxygen atoms in total. The van der Waals surface area contributed by atoms with E-state index in [1.165, 1.54) is 0 Å². The van der Waals surface area contributed by atoms with Crippen LogP contribution in [-0.4, -0.2) is 36.4 Å². The Bertz CT molecular complexity index is 1040. The third-order valence-corrected chi connectivity index (χ3v) is 7.03. The van der Waals surface area contributed by atoms with Crippen LogP contribution < -0.4 is 15.4 Å². The van der Waals surface area contributed by atoms with E-state index in [0.717, 1.165) is 42.0 Å². The van der Waals surface area contributed by atoms with Crippen molar-refractivity contribution in [3.8, 4) is 5.75 Å². The van der Waals surface area contributed by atoms with E-state index in [1.54, 1.807) is 19.2 Å². The fourth-order valence-electron chi connectivity index (χ4n) is 5.56. The van der Waals surface area contributed by atoms with Gasteiger partial charge in [0.1, 0.15) is 11.3 Å². The average Bonchev–Trinajstić information content (AvgIpc) is 3.38. The Morgan fingerprint density at radius 3 is 2.80 bits per heavy atom. The van der Waals surface area contributed by atoms with Crippen molar-refractivity contribution in [1.29, 1.82) is 0 Å². The number of fused-ring (bicyclic) bond motifs is 4. The number of carbonyl (C=O) groups is 2. The Labute approximate surface area is 180 Å². The monoisotopic (exact) mass is 425 g/mol. The molecule has 2 aromatic carbocycles. The quantitative estimate of drug-likeness (QED) is 0.781. The summed E-state index contributed by atoms with van der Waals surface area (Å²) in [6, 6.07) is 11.1. The first-order chi connectivity index (χ1) is 14.4. The number of amides is 2. The van der Waals surface area contributed by atoms with Crippen molar-refractivity contribution in [3.05, 3.63) is 52.5 Å². The van der Waals surface area contributed by atoms with Crippen LogP contribution in [0.2, 0.25) is 5.02 Å².